The molecule has 248 valence electrons. The summed E-state index contributed by atoms with van der Waals surface area (Å²) in [6.07, 6.45) is 0.945. The van der Waals surface area contributed by atoms with Crippen molar-refractivity contribution in [1.82, 2.24) is 10.2 Å². The number of anilines is 1. The highest BCUT2D eigenvalue weighted by Crippen LogP contribution is 2.34. The number of carbonyl (C=O) groups excluding carboxylic acids is 2. The number of methoxy groups -OCH3 is 2. The lowest BCUT2D eigenvalue weighted by molar-refractivity contribution is -0.140. The summed E-state index contributed by atoms with van der Waals surface area (Å²) in [7, 11) is -1.30. The summed E-state index contributed by atoms with van der Waals surface area (Å²) in [5.41, 5.74) is 2.89. The summed E-state index contributed by atoms with van der Waals surface area (Å²) in [6.45, 7) is 5.37. The van der Waals surface area contributed by atoms with Crippen LogP contribution >= 0.6 is 0 Å². The summed E-state index contributed by atoms with van der Waals surface area (Å²) in [6, 6.07) is 28.8. The normalized spacial score (nSPS) is 12.4. The Hall–Kier alpha value is -4.83. The molecule has 0 aromatic heterocycles. The van der Waals surface area contributed by atoms with Crippen LogP contribution in [-0.2, 0) is 32.6 Å². The Morgan fingerprint density at radius 1 is 0.809 bits per heavy atom. The standard InChI is InChI=1S/C37H43N3O6S/c1-6-28(3)38-37(42)33(23-29-15-9-7-10-16-29)39(25-30-17-13-14-27(2)22-30)36(41)26-40(47(43,44)32-18-11-8-12-19-32)31-20-21-34(45-4)35(24-31)46-5/h7-22,24,28,33H,6,23,25-26H2,1-5H3,(H,38,42)/t28-,33+/m1/s1. The molecule has 2 atom stereocenters. The van der Waals surface area contributed by atoms with Crippen LogP contribution in [0, 0.1) is 6.92 Å². The van der Waals surface area contributed by atoms with Crippen molar-refractivity contribution in [2.75, 3.05) is 25.1 Å². The van der Waals surface area contributed by atoms with Crippen LogP contribution in [0.25, 0.3) is 0 Å². The van der Waals surface area contributed by atoms with Crippen molar-refractivity contribution in [3.63, 3.8) is 0 Å². The fourth-order valence-corrected chi connectivity index (χ4v) is 6.66. The molecule has 0 saturated carbocycles. The molecular weight excluding hydrogens is 614 g/mol. The predicted octanol–water partition coefficient (Wildman–Crippen LogP) is 5.76. The molecule has 1 N–H and O–H groups in total. The maximum absolute atomic E-state index is 14.6. The monoisotopic (exact) mass is 657 g/mol. The molecule has 0 spiro atoms. The number of sulfonamides is 1. The molecule has 0 aliphatic carbocycles. The van der Waals surface area contributed by atoms with Gasteiger partial charge in [0.15, 0.2) is 11.5 Å². The van der Waals surface area contributed by atoms with Crippen LogP contribution in [-0.4, -0.2) is 58.0 Å². The van der Waals surface area contributed by atoms with E-state index in [-0.39, 0.29) is 35.5 Å². The van der Waals surface area contributed by atoms with Crippen LogP contribution in [0.3, 0.4) is 0 Å². The molecular formula is C37H43N3O6S. The average Bonchev–Trinajstić information content (AvgIpc) is 3.08. The lowest BCUT2D eigenvalue weighted by Gasteiger charge is -2.34. The molecule has 0 bridgehead atoms. The fraction of sp³-hybridized carbons (Fsp3) is 0.297. The molecule has 0 radical (unpaired) electrons. The second-order valence-electron chi connectivity index (χ2n) is 11.4. The number of amides is 2. The van der Waals surface area contributed by atoms with Gasteiger partial charge in [-0.25, -0.2) is 8.42 Å². The van der Waals surface area contributed by atoms with E-state index in [1.807, 2.05) is 75.4 Å². The predicted molar refractivity (Wildman–Crippen MR) is 184 cm³/mol. The zero-order valence-corrected chi connectivity index (χ0v) is 28.4. The minimum absolute atomic E-state index is 0.0168. The Labute approximate surface area is 278 Å². The van der Waals surface area contributed by atoms with Gasteiger partial charge in [-0.15, -0.1) is 0 Å². The van der Waals surface area contributed by atoms with Crippen molar-refractivity contribution in [3.05, 3.63) is 120 Å². The van der Waals surface area contributed by atoms with Gasteiger partial charge >= 0.3 is 0 Å². The van der Waals surface area contributed by atoms with E-state index in [0.717, 1.165) is 21.0 Å². The number of benzene rings is 4. The number of rotatable bonds is 15. The van der Waals surface area contributed by atoms with Gasteiger partial charge in [-0.1, -0.05) is 85.3 Å². The first-order chi connectivity index (χ1) is 22.6. The molecule has 0 fully saturated rings. The van der Waals surface area contributed by atoms with Gasteiger partial charge < -0.3 is 19.7 Å². The van der Waals surface area contributed by atoms with Gasteiger partial charge in [0.05, 0.1) is 24.8 Å². The largest absolute Gasteiger partial charge is 0.493 e. The van der Waals surface area contributed by atoms with E-state index in [1.165, 1.54) is 37.3 Å². The van der Waals surface area contributed by atoms with Gasteiger partial charge in [0.2, 0.25) is 11.8 Å². The molecule has 10 heteroatoms. The zero-order chi connectivity index (χ0) is 34.0. The van der Waals surface area contributed by atoms with Gasteiger partial charge in [0.25, 0.3) is 10.0 Å². The Morgan fingerprint density at radius 2 is 1.45 bits per heavy atom. The third-order valence-corrected chi connectivity index (χ3v) is 9.76. The van der Waals surface area contributed by atoms with Gasteiger partial charge in [-0.3, -0.25) is 13.9 Å². The SMILES string of the molecule is CC[C@@H](C)NC(=O)[C@H](Cc1ccccc1)N(Cc1cccc(C)c1)C(=O)CN(c1ccc(OC)c(OC)c1)S(=O)(=O)c1ccccc1. The number of nitrogens with one attached hydrogen (secondary N) is 1. The van der Waals surface area contributed by atoms with Crippen LogP contribution in [0.1, 0.15) is 37.0 Å². The Bertz CT molecular complexity index is 1750. The molecule has 0 saturated heterocycles. The lowest BCUT2D eigenvalue weighted by atomic mass is 10.0. The van der Waals surface area contributed by atoms with Crippen molar-refractivity contribution in [2.24, 2.45) is 0 Å². The summed E-state index contributed by atoms with van der Waals surface area (Å²) >= 11 is 0. The van der Waals surface area contributed by atoms with Crippen molar-refractivity contribution < 1.29 is 27.5 Å². The smallest absolute Gasteiger partial charge is 0.264 e. The van der Waals surface area contributed by atoms with Crippen LogP contribution in [0.15, 0.2) is 108 Å². The molecule has 0 unspecified atom stereocenters. The molecule has 4 aromatic rings. The second-order valence-corrected chi connectivity index (χ2v) is 13.3. The molecule has 0 aliphatic rings. The Balaban J connectivity index is 1.84. The number of carbonyl (C=O) groups is 2. The van der Waals surface area contributed by atoms with E-state index >= 15 is 0 Å². The number of aryl methyl sites for hydroxylation is 1. The lowest BCUT2D eigenvalue weighted by Crippen LogP contribution is -2.54. The van der Waals surface area contributed by atoms with Crippen molar-refractivity contribution >= 4 is 27.5 Å². The third kappa shape index (κ3) is 8.92. The summed E-state index contributed by atoms with van der Waals surface area (Å²) in [4.78, 5) is 30.1. The van der Waals surface area contributed by atoms with Crippen LogP contribution < -0.4 is 19.1 Å². The topological polar surface area (TPSA) is 105 Å². The molecule has 0 aliphatic heterocycles. The number of nitrogens with zero attached hydrogens (tertiary/aromatic N) is 2. The Kier molecular flexibility index (Phi) is 12.0. The van der Waals surface area contributed by atoms with Crippen LogP contribution in [0.5, 0.6) is 11.5 Å². The minimum Gasteiger partial charge on any atom is -0.493 e. The maximum Gasteiger partial charge on any atom is 0.264 e. The Morgan fingerprint density at radius 3 is 2.06 bits per heavy atom. The fourth-order valence-electron chi connectivity index (χ4n) is 5.23. The molecule has 47 heavy (non-hydrogen) atoms. The zero-order valence-electron chi connectivity index (χ0n) is 27.6. The molecule has 9 nitrogen and oxygen atoms in total. The van der Waals surface area contributed by atoms with Crippen LogP contribution in [0.4, 0.5) is 5.69 Å². The van der Waals surface area contributed by atoms with E-state index in [9.17, 15) is 18.0 Å². The summed E-state index contributed by atoms with van der Waals surface area (Å²) in [5, 5.41) is 3.06. The van der Waals surface area contributed by atoms with Gasteiger partial charge in [0, 0.05) is 25.1 Å². The summed E-state index contributed by atoms with van der Waals surface area (Å²) in [5.74, 6) is -0.142. The van der Waals surface area contributed by atoms with E-state index in [1.54, 1.807) is 30.3 Å². The van der Waals surface area contributed by atoms with Gasteiger partial charge in [0.1, 0.15) is 12.6 Å². The summed E-state index contributed by atoms with van der Waals surface area (Å²) < 4.78 is 40.4. The van der Waals surface area contributed by atoms with E-state index in [0.29, 0.717) is 17.9 Å². The molecule has 2 amide bonds. The number of hydrogen-bond donors (Lipinski definition) is 1. The quantitative estimate of drug-likeness (QED) is 0.174. The number of ether oxygens (including phenoxy) is 2. The molecule has 4 rings (SSSR count). The van der Waals surface area contributed by atoms with Crippen molar-refractivity contribution in [1.29, 1.82) is 0 Å². The first-order valence-electron chi connectivity index (χ1n) is 15.6. The van der Waals surface area contributed by atoms with Crippen molar-refractivity contribution in [3.8, 4) is 11.5 Å². The van der Waals surface area contributed by atoms with E-state index in [2.05, 4.69) is 5.32 Å². The highest BCUT2D eigenvalue weighted by Gasteiger charge is 2.35. The molecule has 4 aromatic carbocycles. The molecule has 0 heterocycles. The van der Waals surface area contributed by atoms with Crippen molar-refractivity contribution in [2.45, 2.75) is 57.1 Å². The van der Waals surface area contributed by atoms with E-state index in [4.69, 9.17) is 9.47 Å². The number of hydrogen-bond acceptors (Lipinski definition) is 6. The highest BCUT2D eigenvalue weighted by molar-refractivity contribution is 7.92. The maximum atomic E-state index is 14.6. The van der Waals surface area contributed by atoms with Gasteiger partial charge in [-0.05, 0) is 55.7 Å². The third-order valence-electron chi connectivity index (χ3n) is 7.97. The highest BCUT2D eigenvalue weighted by atomic mass is 32.2. The van der Waals surface area contributed by atoms with Gasteiger partial charge in [-0.2, -0.15) is 0 Å². The minimum atomic E-state index is -4.25. The van der Waals surface area contributed by atoms with Crippen LogP contribution in [0.2, 0.25) is 0 Å². The first-order valence-corrected chi connectivity index (χ1v) is 17.0. The first kappa shape index (κ1) is 35.0. The second kappa shape index (κ2) is 16.1. The average molecular weight is 658 g/mol. The van der Waals surface area contributed by atoms with E-state index < -0.39 is 28.5 Å².